The standard InChI is InChI=1S/C15H17BrN2OS/c1-2-15(6-7-15)8-18-14(19)13-12(17)11-9(16)4-3-5-10(11)20-13/h3-5H,2,6-8,17H2,1H3,(H,18,19). The van der Waals surface area contributed by atoms with Gasteiger partial charge in [0.15, 0.2) is 0 Å². The van der Waals surface area contributed by atoms with Crippen molar-refractivity contribution >= 4 is 48.9 Å². The molecule has 1 aliphatic carbocycles. The number of anilines is 1. The molecule has 3 N–H and O–H groups in total. The van der Waals surface area contributed by atoms with Gasteiger partial charge in [0.2, 0.25) is 0 Å². The molecule has 1 saturated carbocycles. The Morgan fingerprint density at radius 1 is 1.50 bits per heavy atom. The smallest absolute Gasteiger partial charge is 0.263 e. The Hall–Kier alpha value is -1.07. The average Bonchev–Trinajstić information content (AvgIpc) is 3.15. The average molecular weight is 353 g/mol. The third kappa shape index (κ3) is 2.33. The summed E-state index contributed by atoms with van der Waals surface area (Å²) in [7, 11) is 0. The predicted octanol–water partition coefficient (Wildman–Crippen LogP) is 4.17. The molecule has 106 valence electrons. The van der Waals surface area contributed by atoms with E-state index < -0.39 is 0 Å². The van der Waals surface area contributed by atoms with Crippen molar-refractivity contribution in [3.63, 3.8) is 0 Å². The van der Waals surface area contributed by atoms with Crippen LogP contribution in [0.25, 0.3) is 10.1 Å². The quantitative estimate of drug-likeness (QED) is 0.867. The lowest BCUT2D eigenvalue weighted by Crippen LogP contribution is -2.29. The van der Waals surface area contributed by atoms with Gasteiger partial charge in [-0.05, 0) is 36.8 Å². The third-order valence-corrected chi connectivity index (χ3v) is 6.07. The van der Waals surface area contributed by atoms with Gasteiger partial charge in [-0.3, -0.25) is 4.79 Å². The number of nitrogen functional groups attached to an aromatic ring is 1. The van der Waals surface area contributed by atoms with Crippen LogP contribution in [0.1, 0.15) is 35.9 Å². The third-order valence-electron chi connectivity index (χ3n) is 4.24. The minimum absolute atomic E-state index is 0.0460. The van der Waals surface area contributed by atoms with E-state index in [1.165, 1.54) is 24.2 Å². The molecule has 20 heavy (non-hydrogen) atoms. The Balaban J connectivity index is 1.85. The fraction of sp³-hybridized carbons (Fsp3) is 0.400. The van der Waals surface area contributed by atoms with Crippen molar-refractivity contribution in [1.29, 1.82) is 0 Å². The first kappa shape index (κ1) is 13.9. The van der Waals surface area contributed by atoms with Gasteiger partial charge >= 0.3 is 0 Å². The molecular formula is C15H17BrN2OS. The Bertz CT molecular complexity index is 676. The van der Waals surface area contributed by atoms with Crippen LogP contribution in [0, 0.1) is 5.41 Å². The second-order valence-electron chi connectivity index (χ2n) is 5.49. The zero-order chi connectivity index (χ0) is 14.3. The SMILES string of the molecule is CCC1(CNC(=O)c2sc3cccc(Br)c3c2N)CC1. The summed E-state index contributed by atoms with van der Waals surface area (Å²) in [5.74, 6) is -0.0460. The minimum atomic E-state index is -0.0460. The number of hydrogen-bond donors (Lipinski definition) is 2. The monoisotopic (exact) mass is 352 g/mol. The lowest BCUT2D eigenvalue weighted by molar-refractivity contribution is 0.0949. The molecule has 3 nitrogen and oxygen atoms in total. The molecule has 1 amide bonds. The van der Waals surface area contributed by atoms with Crippen molar-refractivity contribution in [2.45, 2.75) is 26.2 Å². The lowest BCUT2D eigenvalue weighted by atomic mass is 10.0. The summed E-state index contributed by atoms with van der Waals surface area (Å²) in [6.45, 7) is 2.95. The highest BCUT2D eigenvalue weighted by Gasteiger charge is 2.40. The van der Waals surface area contributed by atoms with Crippen LogP contribution in [0.5, 0.6) is 0 Å². The molecule has 0 unspecified atom stereocenters. The van der Waals surface area contributed by atoms with E-state index in [0.717, 1.165) is 27.5 Å². The maximum absolute atomic E-state index is 12.3. The molecular weight excluding hydrogens is 336 g/mol. The molecule has 2 aromatic rings. The van der Waals surface area contributed by atoms with Crippen LogP contribution in [0.2, 0.25) is 0 Å². The molecule has 5 heteroatoms. The number of fused-ring (bicyclic) bond motifs is 1. The second-order valence-corrected chi connectivity index (χ2v) is 7.40. The van der Waals surface area contributed by atoms with Crippen molar-refractivity contribution in [1.82, 2.24) is 5.32 Å². The highest BCUT2D eigenvalue weighted by Crippen LogP contribution is 2.48. The van der Waals surface area contributed by atoms with Gasteiger partial charge in [0, 0.05) is 21.1 Å². The van der Waals surface area contributed by atoms with Crippen molar-refractivity contribution in [3.05, 3.63) is 27.5 Å². The van der Waals surface area contributed by atoms with Crippen LogP contribution >= 0.6 is 27.3 Å². The lowest BCUT2D eigenvalue weighted by Gasteiger charge is -2.12. The van der Waals surface area contributed by atoms with E-state index in [-0.39, 0.29) is 5.91 Å². The molecule has 0 radical (unpaired) electrons. The van der Waals surface area contributed by atoms with Crippen molar-refractivity contribution in [2.75, 3.05) is 12.3 Å². The molecule has 1 aromatic carbocycles. The number of amides is 1. The highest BCUT2D eigenvalue weighted by molar-refractivity contribution is 9.10. The van der Waals surface area contributed by atoms with Crippen LogP contribution in [0.15, 0.2) is 22.7 Å². The normalized spacial score (nSPS) is 16.3. The number of carbonyl (C=O) groups is 1. The minimum Gasteiger partial charge on any atom is -0.397 e. The number of benzene rings is 1. The largest absolute Gasteiger partial charge is 0.397 e. The van der Waals surface area contributed by atoms with Gasteiger partial charge in [0.1, 0.15) is 4.88 Å². The van der Waals surface area contributed by atoms with Gasteiger partial charge in [0.25, 0.3) is 5.91 Å². The van der Waals surface area contributed by atoms with E-state index in [4.69, 9.17) is 5.73 Å². The van der Waals surface area contributed by atoms with Crippen molar-refractivity contribution in [3.8, 4) is 0 Å². The van der Waals surface area contributed by atoms with E-state index in [2.05, 4.69) is 28.2 Å². The summed E-state index contributed by atoms with van der Waals surface area (Å²) in [6.07, 6.45) is 3.56. The van der Waals surface area contributed by atoms with E-state index in [0.29, 0.717) is 16.0 Å². The summed E-state index contributed by atoms with van der Waals surface area (Å²) in [5, 5.41) is 3.99. The van der Waals surface area contributed by atoms with E-state index in [9.17, 15) is 4.79 Å². The van der Waals surface area contributed by atoms with Crippen LogP contribution in [0.4, 0.5) is 5.69 Å². The Kier molecular flexibility index (Phi) is 3.50. The summed E-state index contributed by atoms with van der Waals surface area (Å²) in [5.41, 5.74) is 7.08. The van der Waals surface area contributed by atoms with Gasteiger partial charge in [-0.15, -0.1) is 11.3 Å². The van der Waals surface area contributed by atoms with Crippen molar-refractivity contribution < 1.29 is 4.79 Å². The molecule has 0 aliphatic heterocycles. The van der Waals surface area contributed by atoms with Crippen molar-refractivity contribution in [2.24, 2.45) is 5.41 Å². The Morgan fingerprint density at radius 2 is 2.25 bits per heavy atom. The van der Waals surface area contributed by atoms with Crippen LogP contribution < -0.4 is 11.1 Å². The number of halogens is 1. The number of carbonyl (C=O) groups excluding carboxylic acids is 1. The maximum Gasteiger partial charge on any atom is 0.263 e. The van der Waals surface area contributed by atoms with E-state index in [1.807, 2.05) is 18.2 Å². The van der Waals surface area contributed by atoms with Gasteiger partial charge in [-0.25, -0.2) is 0 Å². The highest BCUT2D eigenvalue weighted by atomic mass is 79.9. The molecule has 0 bridgehead atoms. The predicted molar refractivity (Wildman–Crippen MR) is 88.2 cm³/mol. The maximum atomic E-state index is 12.3. The summed E-state index contributed by atoms with van der Waals surface area (Å²) >= 11 is 4.95. The van der Waals surface area contributed by atoms with Crippen LogP contribution in [-0.4, -0.2) is 12.5 Å². The van der Waals surface area contributed by atoms with Crippen LogP contribution in [-0.2, 0) is 0 Å². The van der Waals surface area contributed by atoms with E-state index >= 15 is 0 Å². The fourth-order valence-corrected chi connectivity index (χ4v) is 4.25. The molecule has 1 aromatic heterocycles. The zero-order valence-electron chi connectivity index (χ0n) is 11.3. The molecule has 1 heterocycles. The van der Waals surface area contributed by atoms with Gasteiger partial charge in [0.05, 0.1) is 5.69 Å². The molecule has 1 fully saturated rings. The second kappa shape index (κ2) is 5.04. The first-order valence-corrected chi connectivity index (χ1v) is 8.42. The summed E-state index contributed by atoms with van der Waals surface area (Å²) < 4.78 is 1.98. The first-order chi connectivity index (χ1) is 9.56. The number of hydrogen-bond acceptors (Lipinski definition) is 3. The van der Waals surface area contributed by atoms with E-state index in [1.54, 1.807) is 0 Å². The number of nitrogens with one attached hydrogen (secondary N) is 1. The molecule has 0 saturated heterocycles. The number of rotatable bonds is 4. The summed E-state index contributed by atoms with van der Waals surface area (Å²) in [6, 6.07) is 5.90. The molecule has 0 spiro atoms. The Morgan fingerprint density at radius 3 is 2.85 bits per heavy atom. The first-order valence-electron chi connectivity index (χ1n) is 6.81. The zero-order valence-corrected chi connectivity index (χ0v) is 13.7. The van der Waals surface area contributed by atoms with Gasteiger partial charge < -0.3 is 11.1 Å². The Labute approximate surface area is 130 Å². The molecule has 0 atom stereocenters. The van der Waals surface area contributed by atoms with Gasteiger partial charge in [-0.1, -0.05) is 28.9 Å². The number of nitrogens with two attached hydrogens (primary N) is 1. The molecule has 3 rings (SSSR count). The topological polar surface area (TPSA) is 55.1 Å². The van der Waals surface area contributed by atoms with Crippen LogP contribution in [0.3, 0.4) is 0 Å². The van der Waals surface area contributed by atoms with Gasteiger partial charge in [-0.2, -0.15) is 0 Å². The molecule has 1 aliphatic rings. The number of thiophene rings is 1. The fourth-order valence-electron chi connectivity index (χ4n) is 2.48. The summed E-state index contributed by atoms with van der Waals surface area (Å²) in [4.78, 5) is 13.0.